The van der Waals surface area contributed by atoms with Crippen LogP contribution in [0.4, 0.5) is 0 Å². The van der Waals surface area contributed by atoms with Crippen LogP contribution in [-0.2, 0) is 13.0 Å². The fourth-order valence-electron chi connectivity index (χ4n) is 1.83. The van der Waals surface area contributed by atoms with E-state index < -0.39 is 0 Å². The second kappa shape index (κ2) is 2.65. The molecular weight excluding hydrogens is 202 g/mol. The number of rotatable bonds is 0. The van der Waals surface area contributed by atoms with Gasteiger partial charge in [-0.05, 0) is 11.6 Å². The highest BCUT2D eigenvalue weighted by Gasteiger charge is 2.22. The van der Waals surface area contributed by atoms with Crippen LogP contribution in [0.2, 0.25) is 5.28 Å². The molecule has 0 saturated heterocycles. The van der Waals surface area contributed by atoms with Crippen LogP contribution in [0.5, 0.6) is 0 Å². The average molecular weight is 210 g/mol. The van der Waals surface area contributed by atoms with Crippen LogP contribution < -0.4 is 5.73 Å². The van der Waals surface area contributed by atoms with Gasteiger partial charge >= 0.3 is 0 Å². The molecule has 0 fully saturated rings. The molecule has 2 aromatic rings. The molecule has 0 spiro atoms. The first-order chi connectivity index (χ1) is 6.74. The molecule has 0 aromatic carbocycles. The zero-order valence-electron chi connectivity index (χ0n) is 7.31. The molecule has 5 nitrogen and oxygen atoms in total. The van der Waals surface area contributed by atoms with E-state index >= 15 is 0 Å². The van der Waals surface area contributed by atoms with Gasteiger partial charge in [-0.3, -0.25) is 0 Å². The molecule has 2 aromatic heterocycles. The summed E-state index contributed by atoms with van der Waals surface area (Å²) in [6.45, 7) is 0.763. The number of aromatic nitrogens is 4. The standard InChI is InChI=1S/C8H8ClN5/c9-8-11-2-5-7(13-8)14-3-4(10)1-6(14)12-5/h2,4H,1,3,10H2. The Bertz CT molecular complexity index is 506. The molecule has 0 saturated carbocycles. The average Bonchev–Trinajstić information content (AvgIpc) is 2.62. The third-order valence-electron chi connectivity index (χ3n) is 2.40. The minimum Gasteiger partial charge on any atom is -0.326 e. The zero-order valence-corrected chi connectivity index (χ0v) is 8.07. The van der Waals surface area contributed by atoms with Gasteiger partial charge in [0.15, 0.2) is 5.65 Å². The topological polar surface area (TPSA) is 69.6 Å². The van der Waals surface area contributed by atoms with E-state index in [9.17, 15) is 0 Å². The van der Waals surface area contributed by atoms with Gasteiger partial charge in [0, 0.05) is 19.0 Å². The highest BCUT2D eigenvalue weighted by atomic mass is 35.5. The van der Waals surface area contributed by atoms with Gasteiger partial charge in [0.2, 0.25) is 5.28 Å². The summed E-state index contributed by atoms with van der Waals surface area (Å²) in [6, 6.07) is 0.149. The van der Waals surface area contributed by atoms with E-state index in [2.05, 4.69) is 15.0 Å². The van der Waals surface area contributed by atoms with Crippen molar-refractivity contribution in [3.63, 3.8) is 0 Å². The van der Waals surface area contributed by atoms with Crippen molar-refractivity contribution in [2.24, 2.45) is 5.73 Å². The van der Waals surface area contributed by atoms with Gasteiger partial charge in [0.05, 0.1) is 6.20 Å². The SMILES string of the molecule is NC1Cc2nc3cnc(Cl)nc3n2C1. The largest absolute Gasteiger partial charge is 0.326 e. The maximum absolute atomic E-state index is 5.82. The maximum atomic E-state index is 5.82. The Morgan fingerprint density at radius 3 is 3.21 bits per heavy atom. The minimum absolute atomic E-state index is 0.149. The van der Waals surface area contributed by atoms with Gasteiger partial charge in [-0.25, -0.2) is 9.97 Å². The minimum atomic E-state index is 0.149. The van der Waals surface area contributed by atoms with Crippen LogP contribution in [-0.4, -0.2) is 25.6 Å². The van der Waals surface area contributed by atoms with E-state index in [0.29, 0.717) is 0 Å². The lowest BCUT2D eigenvalue weighted by atomic mass is 10.3. The molecule has 14 heavy (non-hydrogen) atoms. The Kier molecular flexibility index (Phi) is 1.54. The molecule has 72 valence electrons. The molecule has 0 radical (unpaired) electrons. The van der Waals surface area contributed by atoms with E-state index in [1.165, 1.54) is 0 Å². The third kappa shape index (κ3) is 1.03. The number of imidazole rings is 1. The molecular formula is C8H8ClN5. The van der Waals surface area contributed by atoms with Gasteiger partial charge < -0.3 is 10.3 Å². The van der Waals surface area contributed by atoms with Crippen LogP contribution in [0.25, 0.3) is 11.2 Å². The molecule has 1 aliphatic rings. The number of nitrogens with two attached hydrogens (primary N) is 1. The third-order valence-corrected chi connectivity index (χ3v) is 2.58. The molecule has 0 aliphatic carbocycles. The lowest BCUT2D eigenvalue weighted by Crippen LogP contribution is -2.21. The Hall–Kier alpha value is -1.20. The van der Waals surface area contributed by atoms with Gasteiger partial charge in [-0.2, -0.15) is 4.98 Å². The van der Waals surface area contributed by atoms with E-state index in [1.807, 2.05) is 4.57 Å². The summed E-state index contributed by atoms with van der Waals surface area (Å²) >= 11 is 5.72. The van der Waals surface area contributed by atoms with Crippen molar-refractivity contribution >= 4 is 22.8 Å². The Morgan fingerprint density at radius 2 is 2.36 bits per heavy atom. The van der Waals surface area contributed by atoms with E-state index in [-0.39, 0.29) is 11.3 Å². The fraction of sp³-hybridized carbons (Fsp3) is 0.375. The van der Waals surface area contributed by atoms with Crippen LogP contribution in [0.1, 0.15) is 5.82 Å². The molecule has 1 unspecified atom stereocenters. The lowest BCUT2D eigenvalue weighted by molar-refractivity contribution is 0.649. The Labute approximate surface area is 84.9 Å². The summed E-state index contributed by atoms with van der Waals surface area (Å²) in [5, 5.41) is 0.251. The zero-order chi connectivity index (χ0) is 9.71. The lowest BCUT2D eigenvalue weighted by Gasteiger charge is -2.00. The van der Waals surface area contributed by atoms with Gasteiger partial charge in [0.1, 0.15) is 11.3 Å². The summed E-state index contributed by atoms with van der Waals surface area (Å²) in [7, 11) is 0. The molecule has 1 aliphatic heterocycles. The van der Waals surface area contributed by atoms with E-state index in [4.69, 9.17) is 17.3 Å². The number of fused-ring (bicyclic) bond motifs is 3. The Morgan fingerprint density at radius 1 is 1.50 bits per heavy atom. The Balaban J connectivity index is 2.30. The van der Waals surface area contributed by atoms with Gasteiger partial charge in [-0.1, -0.05) is 0 Å². The monoisotopic (exact) mass is 209 g/mol. The normalized spacial score (nSPS) is 20.3. The predicted octanol–water partition coefficient (Wildman–Crippen LogP) is 0.363. The van der Waals surface area contributed by atoms with Crippen molar-refractivity contribution in [3.8, 4) is 0 Å². The number of hydrogen-bond donors (Lipinski definition) is 1. The second-order valence-electron chi connectivity index (χ2n) is 3.45. The fourth-order valence-corrected chi connectivity index (χ4v) is 1.95. The van der Waals surface area contributed by atoms with Crippen LogP contribution in [0, 0.1) is 0 Å². The number of halogens is 1. The summed E-state index contributed by atoms with van der Waals surface area (Å²) in [5.74, 6) is 0.976. The highest BCUT2D eigenvalue weighted by molar-refractivity contribution is 6.28. The van der Waals surface area contributed by atoms with Gasteiger partial charge in [-0.15, -0.1) is 0 Å². The number of nitrogens with zero attached hydrogens (tertiary/aromatic N) is 4. The first-order valence-corrected chi connectivity index (χ1v) is 4.75. The van der Waals surface area contributed by atoms with Gasteiger partial charge in [0.25, 0.3) is 0 Å². The first-order valence-electron chi connectivity index (χ1n) is 4.37. The van der Waals surface area contributed by atoms with Crippen molar-refractivity contribution in [1.29, 1.82) is 0 Å². The van der Waals surface area contributed by atoms with Crippen molar-refractivity contribution in [2.75, 3.05) is 0 Å². The molecule has 2 N–H and O–H groups in total. The first kappa shape index (κ1) is 8.14. The summed E-state index contributed by atoms with van der Waals surface area (Å²) in [6.07, 6.45) is 2.44. The predicted molar refractivity (Wildman–Crippen MR) is 52.0 cm³/mol. The smallest absolute Gasteiger partial charge is 0.224 e. The molecule has 6 heteroatoms. The van der Waals surface area contributed by atoms with Crippen molar-refractivity contribution < 1.29 is 0 Å². The highest BCUT2D eigenvalue weighted by Crippen LogP contribution is 2.20. The molecule has 0 bridgehead atoms. The molecule has 0 amide bonds. The molecule has 3 rings (SSSR count). The number of hydrogen-bond acceptors (Lipinski definition) is 4. The van der Waals surface area contributed by atoms with Crippen LogP contribution in [0.15, 0.2) is 6.20 Å². The molecule has 3 heterocycles. The van der Waals surface area contributed by atoms with Crippen molar-refractivity contribution in [3.05, 3.63) is 17.3 Å². The summed E-state index contributed by atoms with van der Waals surface area (Å²) in [5.41, 5.74) is 7.39. The van der Waals surface area contributed by atoms with Crippen molar-refractivity contribution in [2.45, 2.75) is 19.0 Å². The maximum Gasteiger partial charge on any atom is 0.224 e. The second-order valence-corrected chi connectivity index (χ2v) is 3.79. The van der Waals surface area contributed by atoms with E-state index in [0.717, 1.165) is 30.0 Å². The van der Waals surface area contributed by atoms with Crippen molar-refractivity contribution in [1.82, 2.24) is 19.5 Å². The quantitative estimate of drug-likeness (QED) is 0.637. The summed E-state index contributed by atoms with van der Waals surface area (Å²) < 4.78 is 2.01. The summed E-state index contributed by atoms with van der Waals surface area (Å²) in [4.78, 5) is 12.4. The van der Waals surface area contributed by atoms with E-state index in [1.54, 1.807) is 6.20 Å². The van der Waals surface area contributed by atoms with Crippen LogP contribution in [0.3, 0.4) is 0 Å². The molecule has 1 atom stereocenters. The van der Waals surface area contributed by atoms with Crippen LogP contribution >= 0.6 is 11.6 Å².